The van der Waals surface area contributed by atoms with E-state index in [1.165, 1.54) is 5.56 Å². The largest absolute Gasteiger partial charge is 0.369 e. The molecular weight excluding hydrogens is 298 g/mol. The second-order valence-corrected chi connectivity index (χ2v) is 6.44. The molecule has 116 valence electrons. The molecule has 1 heterocycles. The maximum Gasteiger partial charge on any atom is 0.220 e. The third-order valence-corrected chi connectivity index (χ3v) is 4.87. The number of aromatic nitrogens is 2. The highest BCUT2D eigenvalue weighted by molar-refractivity contribution is 6.30. The molecule has 1 aromatic heterocycles. The number of amides is 1. The molecule has 2 atom stereocenters. The molecule has 3 N–H and O–H groups in total. The predicted octanol–water partition coefficient (Wildman–Crippen LogP) is 2.90. The Bertz CT molecular complexity index is 650. The van der Waals surface area contributed by atoms with Crippen LogP contribution < -0.4 is 5.73 Å². The number of imidazole rings is 1. The van der Waals surface area contributed by atoms with Crippen molar-refractivity contribution in [1.82, 2.24) is 9.97 Å². The summed E-state index contributed by atoms with van der Waals surface area (Å²) in [5.74, 6) is 0.0202. The van der Waals surface area contributed by atoms with Crippen LogP contribution in [0.15, 0.2) is 30.6 Å². The van der Waals surface area contributed by atoms with Gasteiger partial charge >= 0.3 is 0 Å². The summed E-state index contributed by atoms with van der Waals surface area (Å²) < 4.78 is 0. The van der Waals surface area contributed by atoms with Crippen LogP contribution in [0, 0.1) is 11.8 Å². The van der Waals surface area contributed by atoms with Crippen LogP contribution in [0.25, 0.3) is 0 Å². The van der Waals surface area contributed by atoms with Crippen LogP contribution in [0.3, 0.4) is 0 Å². The van der Waals surface area contributed by atoms with Crippen molar-refractivity contribution in [2.24, 2.45) is 17.6 Å². The van der Waals surface area contributed by atoms with E-state index in [0.717, 1.165) is 48.5 Å². The summed E-state index contributed by atoms with van der Waals surface area (Å²) in [4.78, 5) is 19.4. The first kappa shape index (κ1) is 15.1. The number of halogens is 1. The molecule has 1 amide bonds. The number of carbonyl (C=O) groups excluding carboxylic acids is 1. The van der Waals surface area contributed by atoms with E-state index in [1.807, 2.05) is 24.3 Å². The predicted molar refractivity (Wildman–Crippen MR) is 86.6 cm³/mol. The summed E-state index contributed by atoms with van der Waals surface area (Å²) in [5, 5.41) is 0.731. The summed E-state index contributed by atoms with van der Waals surface area (Å²) >= 11 is 5.90. The molecule has 22 heavy (non-hydrogen) atoms. The van der Waals surface area contributed by atoms with Gasteiger partial charge in [0.05, 0.1) is 12.0 Å². The highest BCUT2D eigenvalue weighted by Crippen LogP contribution is 2.31. The molecule has 0 saturated carbocycles. The standard InChI is InChI=1S/C17H20ClN3O/c18-13-5-1-11(2-6-13)3-7-14(17(19)22)12-4-8-15-16(9-12)21-10-20-15/h1-2,5-6,10,12,14H,3-4,7-9H2,(H2,19,22)(H,20,21). The molecule has 1 aliphatic rings. The average Bonchev–Trinajstić information content (AvgIpc) is 2.96. The molecule has 3 rings (SSSR count). The molecule has 2 aromatic rings. The minimum atomic E-state index is -0.193. The van der Waals surface area contributed by atoms with Crippen molar-refractivity contribution in [2.75, 3.05) is 0 Å². The van der Waals surface area contributed by atoms with Gasteiger partial charge in [-0.05, 0) is 55.7 Å². The highest BCUT2D eigenvalue weighted by Gasteiger charge is 2.30. The number of aromatic amines is 1. The van der Waals surface area contributed by atoms with Crippen molar-refractivity contribution in [1.29, 1.82) is 0 Å². The van der Waals surface area contributed by atoms with Gasteiger partial charge in [-0.1, -0.05) is 23.7 Å². The topological polar surface area (TPSA) is 71.8 Å². The lowest BCUT2D eigenvalue weighted by Crippen LogP contribution is -2.33. The van der Waals surface area contributed by atoms with Gasteiger partial charge < -0.3 is 10.7 Å². The lowest BCUT2D eigenvalue weighted by Gasteiger charge is -2.27. The van der Waals surface area contributed by atoms with Crippen LogP contribution in [0.5, 0.6) is 0 Å². The molecule has 1 aromatic carbocycles. The van der Waals surface area contributed by atoms with Gasteiger partial charge in [-0.15, -0.1) is 0 Å². The van der Waals surface area contributed by atoms with Gasteiger partial charge in [0.25, 0.3) is 0 Å². The summed E-state index contributed by atoms with van der Waals surface area (Å²) in [6.45, 7) is 0. The van der Waals surface area contributed by atoms with Crippen molar-refractivity contribution in [2.45, 2.75) is 32.1 Å². The first-order valence-corrected chi connectivity index (χ1v) is 8.06. The van der Waals surface area contributed by atoms with E-state index in [9.17, 15) is 4.79 Å². The van der Waals surface area contributed by atoms with E-state index in [2.05, 4.69) is 9.97 Å². The molecule has 0 radical (unpaired) electrons. The first-order valence-electron chi connectivity index (χ1n) is 7.68. The van der Waals surface area contributed by atoms with E-state index >= 15 is 0 Å². The molecule has 0 fully saturated rings. The van der Waals surface area contributed by atoms with Gasteiger partial charge in [0.1, 0.15) is 0 Å². The van der Waals surface area contributed by atoms with E-state index < -0.39 is 0 Å². The van der Waals surface area contributed by atoms with Gasteiger partial charge in [-0.25, -0.2) is 4.98 Å². The molecular formula is C17H20ClN3O. The first-order chi connectivity index (χ1) is 10.6. The summed E-state index contributed by atoms with van der Waals surface area (Å²) in [5.41, 5.74) is 9.15. The number of hydrogen-bond acceptors (Lipinski definition) is 2. The average molecular weight is 318 g/mol. The fourth-order valence-corrected chi connectivity index (χ4v) is 3.48. The number of nitrogens with two attached hydrogens (primary N) is 1. The Balaban J connectivity index is 1.66. The zero-order valence-electron chi connectivity index (χ0n) is 12.4. The Labute approximate surface area is 135 Å². The minimum Gasteiger partial charge on any atom is -0.369 e. The number of benzene rings is 1. The van der Waals surface area contributed by atoms with Crippen molar-refractivity contribution < 1.29 is 4.79 Å². The fourth-order valence-electron chi connectivity index (χ4n) is 3.35. The van der Waals surface area contributed by atoms with Crippen LogP contribution in [0.2, 0.25) is 5.02 Å². The second kappa shape index (κ2) is 6.53. The van der Waals surface area contributed by atoms with Crippen LogP contribution in [0.1, 0.15) is 29.8 Å². The normalized spacial score (nSPS) is 18.7. The quantitative estimate of drug-likeness (QED) is 0.890. The van der Waals surface area contributed by atoms with Crippen LogP contribution in [0.4, 0.5) is 0 Å². The molecule has 0 aliphatic heterocycles. The number of primary amides is 1. The zero-order chi connectivity index (χ0) is 15.5. The number of carbonyl (C=O) groups is 1. The number of aryl methyl sites for hydroxylation is 2. The van der Waals surface area contributed by atoms with Crippen LogP contribution in [-0.2, 0) is 24.1 Å². The number of nitrogens with one attached hydrogen (secondary N) is 1. The smallest absolute Gasteiger partial charge is 0.220 e. The Morgan fingerprint density at radius 3 is 2.91 bits per heavy atom. The van der Waals surface area contributed by atoms with Crippen molar-refractivity contribution in [3.05, 3.63) is 52.6 Å². The second-order valence-electron chi connectivity index (χ2n) is 6.00. The molecule has 1 aliphatic carbocycles. The third kappa shape index (κ3) is 3.33. The molecule has 0 spiro atoms. The monoisotopic (exact) mass is 317 g/mol. The number of nitrogens with zero attached hydrogens (tertiary/aromatic N) is 1. The van der Waals surface area contributed by atoms with Gasteiger partial charge in [0, 0.05) is 16.6 Å². The summed E-state index contributed by atoms with van der Waals surface area (Å²) in [6.07, 6.45) is 6.13. The van der Waals surface area contributed by atoms with Gasteiger partial charge in [0.2, 0.25) is 5.91 Å². The van der Waals surface area contributed by atoms with Crippen LogP contribution in [-0.4, -0.2) is 15.9 Å². The fraction of sp³-hybridized carbons (Fsp3) is 0.412. The molecule has 0 saturated heterocycles. The Kier molecular flexibility index (Phi) is 4.48. The lowest BCUT2D eigenvalue weighted by atomic mass is 9.77. The van der Waals surface area contributed by atoms with Crippen molar-refractivity contribution >= 4 is 17.5 Å². The van der Waals surface area contributed by atoms with Crippen LogP contribution >= 0.6 is 11.6 Å². The van der Waals surface area contributed by atoms with E-state index in [1.54, 1.807) is 6.33 Å². The zero-order valence-corrected chi connectivity index (χ0v) is 13.1. The summed E-state index contributed by atoms with van der Waals surface area (Å²) in [6, 6.07) is 7.78. The van der Waals surface area contributed by atoms with Crippen molar-refractivity contribution in [3.8, 4) is 0 Å². The van der Waals surface area contributed by atoms with Gasteiger partial charge in [-0.2, -0.15) is 0 Å². The third-order valence-electron chi connectivity index (χ3n) is 4.62. The molecule has 5 heteroatoms. The molecule has 2 unspecified atom stereocenters. The molecule has 0 bridgehead atoms. The maximum atomic E-state index is 11.9. The number of hydrogen-bond donors (Lipinski definition) is 2. The molecule has 4 nitrogen and oxygen atoms in total. The van der Waals surface area contributed by atoms with E-state index in [-0.39, 0.29) is 11.8 Å². The van der Waals surface area contributed by atoms with Gasteiger partial charge in [0.15, 0.2) is 0 Å². The number of H-pyrrole nitrogens is 1. The van der Waals surface area contributed by atoms with E-state index in [0.29, 0.717) is 5.92 Å². The Morgan fingerprint density at radius 1 is 1.41 bits per heavy atom. The number of rotatable bonds is 5. The lowest BCUT2D eigenvalue weighted by molar-refractivity contribution is -0.123. The summed E-state index contributed by atoms with van der Waals surface area (Å²) in [7, 11) is 0. The highest BCUT2D eigenvalue weighted by atomic mass is 35.5. The Hall–Kier alpha value is -1.81. The number of fused-ring (bicyclic) bond motifs is 1. The van der Waals surface area contributed by atoms with E-state index in [4.69, 9.17) is 17.3 Å². The minimum absolute atomic E-state index is 0.0906. The van der Waals surface area contributed by atoms with Gasteiger partial charge in [-0.3, -0.25) is 4.79 Å². The maximum absolute atomic E-state index is 11.9. The SMILES string of the molecule is NC(=O)C(CCc1ccc(Cl)cc1)C1CCc2nc[nH]c2C1. The Morgan fingerprint density at radius 2 is 2.18 bits per heavy atom. The van der Waals surface area contributed by atoms with Crippen molar-refractivity contribution in [3.63, 3.8) is 0 Å².